The number of methoxy groups -OCH3 is 1. The summed E-state index contributed by atoms with van der Waals surface area (Å²) in [5, 5.41) is 8.38. The molecule has 134 valence electrons. The molecule has 0 aliphatic heterocycles. The maximum absolute atomic E-state index is 14.0. The van der Waals surface area contributed by atoms with Crippen LogP contribution in [0.2, 0.25) is 0 Å². The summed E-state index contributed by atoms with van der Waals surface area (Å²) in [5.41, 5.74) is 0.978. The minimum Gasteiger partial charge on any atom is -0.497 e. The predicted octanol–water partition coefficient (Wildman–Crippen LogP) is 3.99. The molecule has 0 spiro atoms. The van der Waals surface area contributed by atoms with Crippen LogP contribution in [0.3, 0.4) is 0 Å². The first-order chi connectivity index (χ1) is 12.5. The third kappa shape index (κ3) is 3.62. The van der Waals surface area contributed by atoms with E-state index in [0.29, 0.717) is 27.9 Å². The number of hydrogen-bond acceptors (Lipinski definition) is 5. The Morgan fingerprint density at radius 3 is 2.50 bits per heavy atom. The molecule has 7 heteroatoms. The molecule has 1 heterocycles. The van der Waals surface area contributed by atoms with Gasteiger partial charge in [-0.1, -0.05) is 23.9 Å². The van der Waals surface area contributed by atoms with Crippen LogP contribution in [0.25, 0.3) is 11.4 Å². The van der Waals surface area contributed by atoms with E-state index in [-0.39, 0.29) is 16.9 Å². The predicted molar refractivity (Wildman–Crippen MR) is 99.0 cm³/mol. The zero-order valence-electron chi connectivity index (χ0n) is 14.6. The summed E-state index contributed by atoms with van der Waals surface area (Å²) in [7, 11) is 3.34. The fourth-order valence-corrected chi connectivity index (χ4v) is 3.39. The highest BCUT2D eigenvalue weighted by Crippen LogP contribution is 2.28. The molecular formula is C19H18FN3O2S. The maximum Gasteiger partial charge on any atom is 0.191 e. The number of carbonyl (C=O) groups excluding carboxylic acids is 1. The van der Waals surface area contributed by atoms with Crippen LogP contribution in [0.15, 0.2) is 53.7 Å². The molecule has 0 bridgehead atoms. The number of nitrogens with zero attached hydrogens (tertiary/aromatic N) is 3. The molecule has 26 heavy (non-hydrogen) atoms. The number of ketones is 1. The third-order valence-electron chi connectivity index (χ3n) is 3.98. The molecule has 0 radical (unpaired) electrons. The molecule has 2 aromatic carbocycles. The molecular weight excluding hydrogens is 353 g/mol. The van der Waals surface area contributed by atoms with Gasteiger partial charge in [0.15, 0.2) is 16.8 Å². The van der Waals surface area contributed by atoms with Gasteiger partial charge in [0.1, 0.15) is 11.6 Å². The van der Waals surface area contributed by atoms with E-state index < -0.39 is 0 Å². The number of ether oxygens (including phenoxy) is 1. The van der Waals surface area contributed by atoms with Gasteiger partial charge in [-0.25, -0.2) is 4.39 Å². The van der Waals surface area contributed by atoms with Crippen LogP contribution in [-0.4, -0.2) is 32.9 Å². The highest BCUT2D eigenvalue weighted by Gasteiger charge is 2.21. The maximum atomic E-state index is 14.0. The minimum atomic E-state index is -0.361. The fraction of sp³-hybridized carbons (Fsp3) is 0.211. The monoisotopic (exact) mass is 371 g/mol. The van der Waals surface area contributed by atoms with Gasteiger partial charge in [-0.2, -0.15) is 0 Å². The summed E-state index contributed by atoms with van der Waals surface area (Å²) in [6.45, 7) is 1.81. The van der Waals surface area contributed by atoms with E-state index in [1.807, 2.05) is 6.92 Å². The lowest BCUT2D eigenvalue weighted by molar-refractivity contribution is 0.0994. The first-order valence-corrected chi connectivity index (χ1v) is 8.88. The highest BCUT2D eigenvalue weighted by molar-refractivity contribution is 8.00. The molecule has 0 aliphatic carbocycles. The first kappa shape index (κ1) is 18.1. The molecule has 0 saturated carbocycles. The van der Waals surface area contributed by atoms with Crippen molar-refractivity contribution in [2.24, 2.45) is 7.05 Å². The van der Waals surface area contributed by atoms with Crippen LogP contribution in [0, 0.1) is 5.82 Å². The fourth-order valence-electron chi connectivity index (χ4n) is 2.50. The van der Waals surface area contributed by atoms with Crippen LogP contribution in [-0.2, 0) is 7.05 Å². The van der Waals surface area contributed by atoms with Crippen molar-refractivity contribution in [3.63, 3.8) is 0 Å². The number of aromatic nitrogens is 3. The van der Waals surface area contributed by atoms with Crippen molar-refractivity contribution in [3.05, 3.63) is 59.9 Å². The number of rotatable bonds is 6. The second-order valence-electron chi connectivity index (χ2n) is 5.70. The number of benzene rings is 2. The lowest BCUT2D eigenvalue weighted by Gasteiger charge is -2.10. The molecule has 1 aromatic heterocycles. The Morgan fingerprint density at radius 1 is 1.15 bits per heavy atom. The summed E-state index contributed by atoms with van der Waals surface area (Å²) >= 11 is 1.29. The number of carbonyl (C=O) groups is 1. The van der Waals surface area contributed by atoms with Crippen molar-refractivity contribution in [3.8, 4) is 17.1 Å². The highest BCUT2D eigenvalue weighted by atomic mass is 32.2. The molecule has 0 N–H and O–H groups in total. The van der Waals surface area contributed by atoms with Gasteiger partial charge in [-0.15, -0.1) is 10.2 Å². The van der Waals surface area contributed by atoms with Gasteiger partial charge in [-0.05, 0) is 43.3 Å². The van der Waals surface area contributed by atoms with Gasteiger partial charge in [0.2, 0.25) is 0 Å². The Bertz CT molecular complexity index is 925. The number of hydrogen-bond donors (Lipinski definition) is 0. The average molecular weight is 371 g/mol. The van der Waals surface area contributed by atoms with Crippen molar-refractivity contribution < 1.29 is 13.9 Å². The smallest absolute Gasteiger partial charge is 0.191 e. The summed E-state index contributed by atoms with van der Waals surface area (Å²) < 4.78 is 20.8. The average Bonchev–Trinajstić information content (AvgIpc) is 3.02. The van der Waals surface area contributed by atoms with Crippen LogP contribution < -0.4 is 4.74 Å². The van der Waals surface area contributed by atoms with E-state index in [1.165, 1.54) is 17.8 Å². The van der Waals surface area contributed by atoms with Crippen molar-refractivity contribution in [2.75, 3.05) is 7.11 Å². The molecule has 0 unspecified atom stereocenters. The van der Waals surface area contributed by atoms with E-state index in [9.17, 15) is 9.18 Å². The molecule has 1 atom stereocenters. The van der Waals surface area contributed by atoms with Crippen LogP contribution >= 0.6 is 11.8 Å². The molecule has 5 nitrogen and oxygen atoms in total. The van der Waals surface area contributed by atoms with E-state index in [0.717, 1.165) is 0 Å². The van der Waals surface area contributed by atoms with Crippen LogP contribution in [0.5, 0.6) is 5.75 Å². The van der Waals surface area contributed by atoms with Crippen LogP contribution in [0.4, 0.5) is 4.39 Å². The zero-order valence-corrected chi connectivity index (χ0v) is 15.5. The largest absolute Gasteiger partial charge is 0.497 e. The quantitative estimate of drug-likeness (QED) is 0.484. The standard InChI is InChI=1S/C19H18FN3O2S/c1-12(17(24)13-8-10-14(25-3)11-9-13)26-19-22-21-18(23(19)2)15-6-4-5-7-16(15)20/h4-12H,1-3H3/t12-/m1/s1. The van der Waals surface area contributed by atoms with Crippen molar-refractivity contribution in [2.45, 2.75) is 17.3 Å². The Labute approximate surface area is 155 Å². The lowest BCUT2D eigenvalue weighted by Crippen LogP contribution is -2.14. The number of thioether (sulfide) groups is 1. The molecule has 0 saturated heterocycles. The van der Waals surface area contributed by atoms with Gasteiger partial charge in [-0.3, -0.25) is 4.79 Å². The SMILES string of the molecule is COc1ccc(C(=O)[C@@H](C)Sc2nnc(-c3ccccc3F)n2C)cc1. The lowest BCUT2D eigenvalue weighted by atomic mass is 10.1. The van der Waals surface area contributed by atoms with Crippen molar-refractivity contribution in [1.82, 2.24) is 14.8 Å². The summed E-state index contributed by atoms with van der Waals surface area (Å²) in [6.07, 6.45) is 0. The van der Waals surface area contributed by atoms with Gasteiger partial charge in [0, 0.05) is 12.6 Å². The Hall–Kier alpha value is -2.67. The second kappa shape index (κ2) is 7.70. The van der Waals surface area contributed by atoms with Crippen molar-refractivity contribution in [1.29, 1.82) is 0 Å². The van der Waals surface area contributed by atoms with E-state index >= 15 is 0 Å². The molecule has 3 rings (SSSR count). The summed E-state index contributed by atoms with van der Waals surface area (Å²) in [5.74, 6) is 0.745. The van der Waals surface area contributed by atoms with E-state index in [1.54, 1.807) is 61.2 Å². The molecule has 3 aromatic rings. The Kier molecular flexibility index (Phi) is 5.37. The van der Waals surface area contributed by atoms with Gasteiger partial charge < -0.3 is 9.30 Å². The minimum absolute atomic E-state index is 0.0203. The molecule has 0 aliphatic rings. The van der Waals surface area contributed by atoms with Gasteiger partial charge >= 0.3 is 0 Å². The zero-order chi connectivity index (χ0) is 18.7. The van der Waals surface area contributed by atoms with E-state index in [4.69, 9.17) is 4.74 Å². The number of Topliss-reactive ketones (excluding diaryl/α,β-unsaturated/α-hetero) is 1. The Morgan fingerprint density at radius 2 is 1.85 bits per heavy atom. The van der Waals surface area contributed by atoms with Gasteiger partial charge in [0.05, 0.1) is 17.9 Å². The summed E-state index contributed by atoms with van der Waals surface area (Å²) in [6, 6.07) is 13.4. The van der Waals surface area contributed by atoms with Gasteiger partial charge in [0.25, 0.3) is 0 Å². The third-order valence-corrected chi connectivity index (χ3v) is 5.11. The molecule has 0 amide bonds. The topological polar surface area (TPSA) is 57.0 Å². The normalized spacial score (nSPS) is 12.0. The first-order valence-electron chi connectivity index (χ1n) is 8.00. The van der Waals surface area contributed by atoms with Crippen LogP contribution in [0.1, 0.15) is 17.3 Å². The Balaban J connectivity index is 1.78. The molecule has 0 fully saturated rings. The van der Waals surface area contributed by atoms with Crippen molar-refractivity contribution >= 4 is 17.5 Å². The second-order valence-corrected chi connectivity index (χ2v) is 7.01. The number of halogens is 1. The van der Waals surface area contributed by atoms with E-state index in [2.05, 4.69) is 10.2 Å². The summed E-state index contributed by atoms with van der Waals surface area (Å²) in [4.78, 5) is 12.6.